The topological polar surface area (TPSA) is 41.6 Å². The largest absolute Gasteiger partial charge is 0.490 e. The Morgan fingerprint density at radius 2 is 2.04 bits per heavy atom. The van der Waals surface area contributed by atoms with Gasteiger partial charge in [-0.25, -0.2) is 0 Å². The molecule has 1 aliphatic rings. The van der Waals surface area contributed by atoms with Crippen molar-refractivity contribution < 1.29 is 9.53 Å². The number of carbonyl (C=O) groups is 1. The van der Waals surface area contributed by atoms with Crippen molar-refractivity contribution in [1.29, 1.82) is 0 Å². The second kappa shape index (κ2) is 9.36. The number of likely N-dealkylation sites (tertiary alicyclic amines) is 1. The average molecular weight is 361 g/mol. The molecule has 0 atom stereocenters. The highest BCUT2D eigenvalue weighted by atomic mass is 35.5. The van der Waals surface area contributed by atoms with Gasteiger partial charge in [0.05, 0.1) is 11.7 Å². The number of ether oxygens (including phenoxy) is 1. The van der Waals surface area contributed by atoms with Crippen molar-refractivity contribution in [3.8, 4) is 5.75 Å². The summed E-state index contributed by atoms with van der Waals surface area (Å²) in [4.78, 5) is 14.7. The Labute approximate surface area is 149 Å². The molecule has 2 rings (SSSR count). The second-order valence-corrected chi connectivity index (χ2v) is 6.54. The maximum Gasteiger partial charge on any atom is 0.257 e. The lowest BCUT2D eigenvalue weighted by atomic mass is 9.96. The number of hydrogen-bond acceptors (Lipinski definition) is 3. The van der Waals surface area contributed by atoms with Crippen molar-refractivity contribution in [2.75, 3.05) is 26.7 Å². The van der Waals surface area contributed by atoms with Crippen LogP contribution in [-0.4, -0.2) is 43.6 Å². The third kappa shape index (κ3) is 5.55. The Kier molecular flexibility index (Phi) is 8.17. The third-order valence-electron chi connectivity index (χ3n) is 3.93. The van der Waals surface area contributed by atoms with Crippen LogP contribution >= 0.6 is 24.0 Å². The molecule has 1 heterocycles. The molecular weight excluding hydrogens is 335 g/mol. The van der Waals surface area contributed by atoms with Crippen LogP contribution in [0.1, 0.15) is 37.0 Å². The fourth-order valence-corrected chi connectivity index (χ4v) is 3.00. The standard InChI is InChI=1S/C17H25ClN2O2.ClH/c1-12(2)22-16-5-4-14(18)10-15(16)17(21)20-8-6-13(7-9-20)11-19-3;/h4-5,10,12-13,19H,6-9,11H2,1-3H3;1H. The number of carbonyl (C=O) groups excluding carboxylic acids is 1. The van der Waals surface area contributed by atoms with Gasteiger partial charge in [0.25, 0.3) is 5.91 Å². The molecule has 0 radical (unpaired) electrons. The van der Waals surface area contributed by atoms with E-state index in [9.17, 15) is 4.79 Å². The molecule has 1 amide bonds. The summed E-state index contributed by atoms with van der Waals surface area (Å²) in [5, 5.41) is 3.77. The number of halogens is 2. The number of piperidine rings is 1. The first-order valence-corrected chi connectivity index (χ1v) is 8.29. The summed E-state index contributed by atoms with van der Waals surface area (Å²) in [7, 11) is 1.97. The van der Waals surface area contributed by atoms with Crippen LogP contribution in [-0.2, 0) is 0 Å². The van der Waals surface area contributed by atoms with Gasteiger partial charge in [-0.3, -0.25) is 4.79 Å². The predicted molar refractivity (Wildman–Crippen MR) is 97.0 cm³/mol. The first-order valence-electron chi connectivity index (χ1n) is 7.91. The van der Waals surface area contributed by atoms with Crippen molar-refractivity contribution in [3.05, 3.63) is 28.8 Å². The molecule has 0 spiro atoms. The van der Waals surface area contributed by atoms with Gasteiger partial charge in [-0.2, -0.15) is 0 Å². The van der Waals surface area contributed by atoms with E-state index in [2.05, 4.69) is 5.32 Å². The normalized spacial score (nSPS) is 15.4. The fraction of sp³-hybridized carbons (Fsp3) is 0.588. The number of nitrogens with one attached hydrogen (secondary N) is 1. The number of rotatable bonds is 5. The molecule has 1 saturated heterocycles. The van der Waals surface area contributed by atoms with Crippen LogP contribution in [0, 0.1) is 5.92 Å². The van der Waals surface area contributed by atoms with E-state index in [1.807, 2.05) is 25.8 Å². The SMILES string of the molecule is CNCC1CCN(C(=O)c2cc(Cl)ccc2OC(C)C)CC1.Cl. The number of hydrogen-bond donors (Lipinski definition) is 1. The molecular formula is C17H26Cl2N2O2. The van der Waals surface area contributed by atoms with Gasteiger partial charge in [-0.1, -0.05) is 11.6 Å². The van der Waals surface area contributed by atoms with E-state index in [0.29, 0.717) is 22.3 Å². The van der Waals surface area contributed by atoms with Gasteiger partial charge in [0, 0.05) is 18.1 Å². The van der Waals surface area contributed by atoms with Crippen molar-refractivity contribution in [2.24, 2.45) is 5.92 Å². The highest BCUT2D eigenvalue weighted by molar-refractivity contribution is 6.31. The molecule has 0 saturated carbocycles. The quantitative estimate of drug-likeness (QED) is 0.871. The van der Waals surface area contributed by atoms with Crippen LogP contribution in [0.2, 0.25) is 5.02 Å². The van der Waals surface area contributed by atoms with Gasteiger partial charge in [0.2, 0.25) is 0 Å². The Morgan fingerprint density at radius 1 is 1.39 bits per heavy atom. The number of amides is 1. The lowest BCUT2D eigenvalue weighted by Crippen LogP contribution is -2.40. The van der Waals surface area contributed by atoms with Gasteiger partial charge in [0.15, 0.2) is 0 Å². The summed E-state index contributed by atoms with van der Waals surface area (Å²) in [6, 6.07) is 5.25. The zero-order valence-corrected chi connectivity index (χ0v) is 15.5. The summed E-state index contributed by atoms with van der Waals surface area (Å²) < 4.78 is 5.76. The Balaban J connectivity index is 0.00000264. The van der Waals surface area contributed by atoms with Gasteiger partial charge in [-0.15, -0.1) is 12.4 Å². The summed E-state index contributed by atoms with van der Waals surface area (Å²) in [6.07, 6.45) is 2.09. The van der Waals surface area contributed by atoms with Crippen molar-refractivity contribution >= 4 is 29.9 Å². The Morgan fingerprint density at radius 3 is 2.61 bits per heavy atom. The number of benzene rings is 1. The molecule has 0 aliphatic carbocycles. The molecule has 1 aromatic rings. The Bertz CT molecular complexity index is 515. The average Bonchev–Trinajstić information content (AvgIpc) is 2.49. The first-order chi connectivity index (χ1) is 10.5. The molecule has 1 aromatic carbocycles. The minimum absolute atomic E-state index is 0. The van der Waals surface area contributed by atoms with Crippen LogP contribution in [0.15, 0.2) is 18.2 Å². The zero-order chi connectivity index (χ0) is 16.1. The first kappa shape index (κ1) is 20.1. The maximum absolute atomic E-state index is 12.8. The predicted octanol–water partition coefficient (Wildman–Crippen LogP) is 3.62. The summed E-state index contributed by atoms with van der Waals surface area (Å²) >= 11 is 6.07. The van der Waals surface area contributed by atoms with Gasteiger partial charge >= 0.3 is 0 Å². The van der Waals surface area contributed by atoms with E-state index in [-0.39, 0.29) is 24.4 Å². The van der Waals surface area contributed by atoms with Gasteiger partial charge < -0.3 is 15.0 Å². The van der Waals surface area contributed by atoms with E-state index in [1.54, 1.807) is 18.2 Å². The smallest absolute Gasteiger partial charge is 0.257 e. The lowest BCUT2D eigenvalue weighted by molar-refractivity contribution is 0.0685. The minimum Gasteiger partial charge on any atom is -0.490 e. The summed E-state index contributed by atoms with van der Waals surface area (Å²) in [5.41, 5.74) is 0.563. The van der Waals surface area contributed by atoms with Crippen molar-refractivity contribution in [3.63, 3.8) is 0 Å². The fourth-order valence-electron chi connectivity index (χ4n) is 2.83. The molecule has 0 unspecified atom stereocenters. The molecule has 0 bridgehead atoms. The summed E-state index contributed by atoms with van der Waals surface area (Å²) in [5.74, 6) is 1.28. The molecule has 130 valence electrons. The van der Waals surface area contributed by atoms with Crippen molar-refractivity contribution in [1.82, 2.24) is 10.2 Å². The monoisotopic (exact) mass is 360 g/mol. The molecule has 1 aliphatic heterocycles. The van der Waals surface area contributed by atoms with Crippen LogP contribution in [0.4, 0.5) is 0 Å². The molecule has 1 N–H and O–H groups in total. The van der Waals surface area contributed by atoms with Crippen LogP contribution in [0.3, 0.4) is 0 Å². The Hall–Kier alpha value is -0.970. The van der Waals surface area contributed by atoms with Crippen LogP contribution in [0.25, 0.3) is 0 Å². The van der Waals surface area contributed by atoms with Gasteiger partial charge in [-0.05, 0) is 64.4 Å². The third-order valence-corrected chi connectivity index (χ3v) is 4.16. The summed E-state index contributed by atoms with van der Waals surface area (Å²) in [6.45, 7) is 6.50. The molecule has 1 fully saturated rings. The zero-order valence-electron chi connectivity index (χ0n) is 14.0. The van der Waals surface area contributed by atoms with E-state index in [0.717, 1.165) is 32.5 Å². The van der Waals surface area contributed by atoms with Crippen LogP contribution in [0.5, 0.6) is 5.75 Å². The van der Waals surface area contributed by atoms with E-state index in [1.165, 1.54) is 0 Å². The van der Waals surface area contributed by atoms with E-state index in [4.69, 9.17) is 16.3 Å². The van der Waals surface area contributed by atoms with Gasteiger partial charge in [0.1, 0.15) is 5.75 Å². The number of nitrogens with zero attached hydrogens (tertiary/aromatic N) is 1. The minimum atomic E-state index is 0. The highest BCUT2D eigenvalue weighted by Gasteiger charge is 2.25. The molecule has 23 heavy (non-hydrogen) atoms. The second-order valence-electron chi connectivity index (χ2n) is 6.10. The maximum atomic E-state index is 12.8. The van der Waals surface area contributed by atoms with Crippen molar-refractivity contribution in [2.45, 2.75) is 32.8 Å². The molecule has 6 heteroatoms. The van der Waals surface area contributed by atoms with E-state index >= 15 is 0 Å². The van der Waals surface area contributed by atoms with Crippen LogP contribution < -0.4 is 10.1 Å². The molecule has 4 nitrogen and oxygen atoms in total. The lowest BCUT2D eigenvalue weighted by Gasteiger charge is -2.32. The molecule has 0 aromatic heterocycles. The highest BCUT2D eigenvalue weighted by Crippen LogP contribution is 2.27. The van der Waals surface area contributed by atoms with E-state index < -0.39 is 0 Å².